The van der Waals surface area contributed by atoms with Crippen molar-refractivity contribution in [3.05, 3.63) is 59.7 Å². The van der Waals surface area contributed by atoms with Crippen LogP contribution >= 0.6 is 0 Å². The van der Waals surface area contributed by atoms with Gasteiger partial charge in [0, 0.05) is 0 Å². The summed E-state index contributed by atoms with van der Waals surface area (Å²) in [5, 5.41) is 17.7. The van der Waals surface area contributed by atoms with E-state index in [9.17, 15) is 9.59 Å². The second-order valence-corrected chi connectivity index (χ2v) is 5.10. The second kappa shape index (κ2) is 7.32. The Morgan fingerprint density at radius 2 is 0.958 bits per heavy atom. The average Bonchev–Trinajstić information content (AvgIpc) is 2.55. The van der Waals surface area contributed by atoms with E-state index in [1.165, 1.54) is 24.3 Å². The summed E-state index contributed by atoms with van der Waals surface area (Å²) in [6, 6.07) is 12.5. The summed E-state index contributed by atoms with van der Waals surface area (Å²) in [6.45, 7) is 3.60. The Morgan fingerprint density at radius 3 is 1.21 bits per heavy atom. The van der Waals surface area contributed by atoms with E-state index in [1.54, 1.807) is 38.1 Å². The van der Waals surface area contributed by atoms with E-state index in [-0.39, 0.29) is 11.1 Å². The van der Waals surface area contributed by atoms with E-state index < -0.39 is 11.9 Å². The van der Waals surface area contributed by atoms with Crippen LogP contribution in [0.25, 0.3) is 0 Å². The highest BCUT2D eigenvalue weighted by Crippen LogP contribution is 2.16. The first-order chi connectivity index (χ1) is 11.4. The van der Waals surface area contributed by atoms with Crippen molar-refractivity contribution in [1.29, 1.82) is 0 Å². The second-order valence-electron chi connectivity index (χ2n) is 5.10. The summed E-state index contributed by atoms with van der Waals surface area (Å²) in [4.78, 5) is 30.4. The molecule has 0 spiro atoms. The summed E-state index contributed by atoms with van der Waals surface area (Å²) in [5.74, 6) is -1.96. The van der Waals surface area contributed by atoms with Gasteiger partial charge in [0.2, 0.25) is 0 Å². The van der Waals surface area contributed by atoms with E-state index in [0.29, 0.717) is 22.8 Å². The Kier molecular flexibility index (Phi) is 5.21. The van der Waals surface area contributed by atoms with Crippen LogP contribution in [0.5, 0.6) is 0 Å². The van der Waals surface area contributed by atoms with Crippen LogP contribution in [0.15, 0.2) is 58.5 Å². The van der Waals surface area contributed by atoms with Gasteiger partial charge in [0.05, 0.1) is 33.9 Å². The van der Waals surface area contributed by atoms with Crippen LogP contribution in [0, 0.1) is 0 Å². The number of carboxylic acid groups (broad SMARTS) is 2. The molecule has 0 saturated carbocycles. The fourth-order valence-corrected chi connectivity index (χ4v) is 1.91. The molecule has 0 saturated heterocycles. The van der Waals surface area contributed by atoms with Crippen LogP contribution in [0.4, 0.5) is 11.4 Å². The average molecular weight is 324 g/mol. The fourth-order valence-electron chi connectivity index (χ4n) is 1.91. The molecule has 0 atom stereocenters. The number of aromatic carboxylic acids is 2. The first-order valence-corrected chi connectivity index (χ1v) is 7.14. The summed E-state index contributed by atoms with van der Waals surface area (Å²) in [5.41, 5.74) is 3.04. The van der Waals surface area contributed by atoms with Crippen molar-refractivity contribution in [2.45, 2.75) is 13.8 Å². The lowest BCUT2D eigenvalue weighted by Crippen LogP contribution is -2.04. The SMILES string of the molecule is CC(=Nc1ccc(C(=O)O)cc1)C(C)=Nc1ccc(C(=O)O)cc1. The largest absolute Gasteiger partial charge is 0.478 e. The summed E-state index contributed by atoms with van der Waals surface area (Å²) in [6.07, 6.45) is 0. The zero-order valence-corrected chi connectivity index (χ0v) is 13.2. The molecule has 0 radical (unpaired) electrons. The standard InChI is InChI=1S/C18H16N2O4/c1-11(19-15-7-3-13(4-8-15)17(21)22)12(2)20-16-9-5-14(6-10-16)18(23)24/h3-10H,1-2H3,(H,21,22)(H,23,24). The molecule has 2 aromatic carbocycles. The van der Waals surface area contributed by atoms with Gasteiger partial charge in [-0.15, -0.1) is 0 Å². The third-order valence-corrected chi connectivity index (χ3v) is 3.35. The van der Waals surface area contributed by atoms with E-state index in [4.69, 9.17) is 10.2 Å². The molecular weight excluding hydrogens is 308 g/mol. The number of aliphatic imine (C=N–C) groups is 2. The monoisotopic (exact) mass is 324 g/mol. The maximum atomic E-state index is 10.8. The van der Waals surface area contributed by atoms with E-state index in [2.05, 4.69) is 9.98 Å². The van der Waals surface area contributed by atoms with Crippen LogP contribution in [-0.4, -0.2) is 33.6 Å². The molecular formula is C18H16N2O4. The lowest BCUT2D eigenvalue weighted by Gasteiger charge is -2.02. The molecule has 6 nitrogen and oxygen atoms in total. The Bertz CT molecular complexity index is 748. The molecule has 0 aliphatic carbocycles. The summed E-state index contributed by atoms with van der Waals surface area (Å²) < 4.78 is 0. The quantitative estimate of drug-likeness (QED) is 0.813. The molecule has 2 rings (SSSR count). The number of carboxylic acids is 2. The Hall–Kier alpha value is -3.28. The summed E-state index contributed by atoms with van der Waals surface area (Å²) >= 11 is 0. The van der Waals surface area contributed by atoms with Gasteiger partial charge in [-0.3, -0.25) is 9.98 Å². The maximum Gasteiger partial charge on any atom is 0.335 e. The zero-order valence-electron chi connectivity index (χ0n) is 13.2. The van der Waals surface area contributed by atoms with Crippen LogP contribution in [0.1, 0.15) is 34.6 Å². The van der Waals surface area contributed by atoms with Crippen molar-refractivity contribution in [2.75, 3.05) is 0 Å². The molecule has 0 aliphatic heterocycles. The molecule has 0 amide bonds. The van der Waals surface area contributed by atoms with Crippen LogP contribution in [-0.2, 0) is 0 Å². The van der Waals surface area contributed by atoms with Crippen LogP contribution in [0.2, 0.25) is 0 Å². The van der Waals surface area contributed by atoms with Gasteiger partial charge < -0.3 is 10.2 Å². The third kappa shape index (κ3) is 4.36. The number of carbonyl (C=O) groups is 2. The molecule has 2 aromatic rings. The molecule has 24 heavy (non-hydrogen) atoms. The fraction of sp³-hybridized carbons (Fsp3) is 0.111. The molecule has 0 unspecified atom stereocenters. The van der Waals surface area contributed by atoms with Gasteiger partial charge in [0.1, 0.15) is 0 Å². The Morgan fingerprint density at radius 1 is 0.667 bits per heavy atom. The molecule has 2 N–H and O–H groups in total. The lowest BCUT2D eigenvalue weighted by molar-refractivity contribution is 0.0686. The Labute approximate surface area is 138 Å². The zero-order chi connectivity index (χ0) is 17.7. The molecule has 0 aliphatic rings. The number of rotatable bonds is 5. The molecule has 0 fully saturated rings. The predicted molar refractivity (Wildman–Crippen MR) is 92.3 cm³/mol. The molecule has 0 bridgehead atoms. The number of nitrogens with zero attached hydrogens (tertiary/aromatic N) is 2. The number of benzene rings is 2. The normalized spacial score (nSPS) is 12.1. The van der Waals surface area contributed by atoms with E-state index in [1.807, 2.05) is 0 Å². The van der Waals surface area contributed by atoms with Gasteiger partial charge in [-0.2, -0.15) is 0 Å². The van der Waals surface area contributed by atoms with Crippen molar-refractivity contribution in [3.63, 3.8) is 0 Å². The Balaban J connectivity index is 2.19. The third-order valence-electron chi connectivity index (χ3n) is 3.35. The van der Waals surface area contributed by atoms with Crippen molar-refractivity contribution in [2.24, 2.45) is 9.98 Å². The first kappa shape index (κ1) is 17.1. The highest BCUT2D eigenvalue weighted by Gasteiger charge is 2.04. The van der Waals surface area contributed by atoms with E-state index >= 15 is 0 Å². The minimum atomic E-state index is -0.982. The highest BCUT2D eigenvalue weighted by molar-refractivity contribution is 6.41. The van der Waals surface area contributed by atoms with Crippen LogP contribution in [0.3, 0.4) is 0 Å². The van der Waals surface area contributed by atoms with Crippen molar-refractivity contribution >= 4 is 34.7 Å². The smallest absolute Gasteiger partial charge is 0.335 e. The topological polar surface area (TPSA) is 99.3 Å². The van der Waals surface area contributed by atoms with Gasteiger partial charge in [0.25, 0.3) is 0 Å². The minimum Gasteiger partial charge on any atom is -0.478 e. The molecule has 122 valence electrons. The molecule has 0 aromatic heterocycles. The molecule has 6 heteroatoms. The first-order valence-electron chi connectivity index (χ1n) is 7.14. The van der Waals surface area contributed by atoms with Gasteiger partial charge in [-0.25, -0.2) is 9.59 Å². The van der Waals surface area contributed by atoms with Gasteiger partial charge in [0.15, 0.2) is 0 Å². The minimum absolute atomic E-state index is 0.204. The molecule has 0 heterocycles. The van der Waals surface area contributed by atoms with Gasteiger partial charge >= 0.3 is 11.9 Å². The highest BCUT2D eigenvalue weighted by atomic mass is 16.4. The van der Waals surface area contributed by atoms with Crippen LogP contribution < -0.4 is 0 Å². The predicted octanol–water partition coefficient (Wildman–Crippen LogP) is 3.97. The lowest BCUT2D eigenvalue weighted by atomic mass is 10.2. The maximum absolute atomic E-state index is 10.8. The number of hydrogen-bond donors (Lipinski definition) is 2. The van der Waals surface area contributed by atoms with E-state index in [0.717, 1.165) is 0 Å². The summed E-state index contributed by atoms with van der Waals surface area (Å²) in [7, 11) is 0. The van der Waals surface area contributed by atoms with Crippen molar-refractivity contribution in [3.8, 4) is 0 Å². The van der Waals surface area contributed by atoms with Crippen molar-refractivity contribution < 1.29 is 19.8 Å². The van der Waals surface area contributed by atoms with Gasteiger partial charge in [-0.05, 0) is 62.4 Å². The van der Waals surface area contributed by atoms with Gasteiger partial charge in [-0.1, -0.05) is 0 Å². The number of hydrogen-bond acceptors (Lipinski definition) is 4. The van der Waals surface area contributed by atoms with Crippen molar-refractivity contribution in [1.82, 2.24) is 0 Å².